The predicted molar refractivity (Wildman–Crippen MR) is 261 cm³/mol. The fourth-order valence-corrected chi connectivity index (χ4v) is 17.1. The number of hydrogen-bond acceptors (Lipinski definition) is 0. The molecule has 0 unspecified atom stereocenters. The molecule has 0 atom stereocenters. The Morgan fingerprint density at radius 2 is 0.644 bits per heavy atom. The quantitative estimate of drug-likeness (QED) is 0.0528. The number of quaternary nitrogens is 1. The zero-order chi connectivity index (χ0) is 37.4. The van der Waals surface area contributed by atoms with Crippen molar-refractivity contribution in [3.8, 4) is 0 Å². The van der Waals surface area contributed by atoms with Gasteiger partial charge in [-0.1, -0.05) is 140 Å². The van der Waals surface area contributed by atoms with Crippen LogP contribution in [0.3, 0.4) is 0 Å². The van der Waals surface area contributed by atoms with Gasteiger partial charge in [-0.2, -0.15) is 0 Å². The number of rotatable bonds is 16. The van der Waals surface area contributed by atoms with Gasteiger partial charge in [-0.15, -0.1) is 0 Å². The van der Waals surface area contributed by atoms with Gasteiger partial charge in [0.25, 0.3) is 0 Å². The van der Waals surface area contributed by atoms with Gasteiger partial charge >= 0.3 is 17.1 Å². The molecule has 6 aromatic carbocycles. The fourth-order valence-electron chi connectivity index (χ4n) is 7.60. The number of benzene rings is 6. The first kappa shape index (κ1) is 59.5. The molecule has 0 saturated carbocycles. The zero-order valence-corrected chi connectivity index (χ0v) is 42.5. The van der Waals surface area contributed by atoms with Crippen LogP contribution in [0.25, 0.3) is 0 Å². The number of hydrogen-bond donors (Lipinski definition) is 0. The molecule has 6 aromatic rings. The zero-order valence-electron chi connectivity index (χ0n) is 35.0. The van der Waals surface area contributed by atoms with E-state index in [1.165, 1.54) is 74.8 Å². The molecule has 0 aliphatic rings. The first-order valence-electron chi connectivity index (χ1n) is 19.6. The van der Waals surface area contributed by atoms with Crippen molar-refractivity contribution in [3.63, 3.8) is 0 Å². The maximum atomic E-state index is 2.63. The third-order valence-corrected chi connectivity index (χ3v) is 20.5. The molecule has 0 aliphatic carbocycles. The van der Waals surface area contributed by atoms with E-state index in [0.717, 1.165) is 6.16 Å². The molecule has 0 amide bonds. The second-order valence-corrected chi connectivity index (χ2v) is 21.6. The summed E-state index contributed by atoms with van der Waals surface area (Å²) in [5.41, 5.74) is 0.108. The van der Waals surface area contributed by atoms with E-state index in [0.29, 0.717) is 0 Å². The summed E-state index contributed by atoms with van der Waals surface area (Å²) < 4.78 is 1.28. The molecule has 59 heavy (non-hydrogen) atoms. The standard InChI is InChI=1S/C41H39P3.C8H20N.Cu.Mo.2O.2S/c1-41(32-42(35-20-8-2-9-21-35)36-22-10-3-11-23-36,33-43(37-24-12-4-13-25-37)38-26-14-5-15-27-38)34-44(39-28-16-6-17-29-39)40-30-18-7-19-31-40;1-5-9(6-2,7-3)8-4;;;;;;/h2-31H,32-34H2,1H3;5-8H2,1-4H3;;;;;;/q;+1;+2;;4*-2/p+2. The summed E-state index contributed by atoms with van der Waals surface area (Å²) >= 11 is 0. The molecule has 0 heterocycles. The third kappa shape index (κ3) is 17.6. The topological polar surface area (TPSA) is 57.0 Å². The maximum Gasteiger partial charge on any atom is 2.00 e. The second kappa shape index (κ2) is 31.3. The molecule has 321 valence electrons. The van der Waals surface area contributed by atoms with Crippen molar-refractivity contribution >= 4 is 82.6 Å². The Morgan fingerprint density at radius 1 is 0.424 bits per heavy atom. The van der Waals surface area contributed by atoms with Crippen LogP contribution < -0.4 is 31.8 Å². The molecule has 1 radical (unpaired) electrons. The van der Waals surface area contributed by atoms with E-state index < -0.39 is 23.8 Å². The molecule has 0 N–H and O–H groups in total. The summed E-state index contributed by atoms with van der Waals surface area (Å²) in [6, 6.07) is 68.1. The maximum absolute atomic E-state index is 2.63. The second-order valence-electron chi connectivity index (χ2n) is 14.4. The Hall–Kier alpha value is -1.60. The van der Waals surface area contributed by atoms with Gasteiger partial charge in [-0.3, -0.25) is 0 Å². The van der Waals surface area contributed by atoms with E-state index in [4.69, 9.17) is 0 Å². The Balaban J connectivity index is 0. The summed E-state index contributed by atoms with van der Waals surface area (Å²) in [6.45, 7) is 16.8. The average Bonchev–Trinajstić information content (AvgIpc) is 3.24. The smallest absolute Gasteiger partial charge is 2.00 e. The minimum absolute atomic E-state index is 0. The third-order valence-electron chi connectivity index (χ3n) is 11.1. The van der Waals surface area contributed by atoms with Crippen LogP contribution in [0.4, 0.5) is 0 Å². The van der Waals surface area contributed by atoms with Gasteiger partial charge in [0, 0.05) is 26.5 Å². The summed E-state index contributed by atoms with van der Waals surface area (Å²) in [7, 11) is -2.63. The van der Waals surface area contributed by atoms with Crippen molar-refractivity contribution in [3.05, 3.63) is 182 Å². The van der Waals surface area contributed by atoms with Crippen molar-refractivity contribution in [2.24, 2.45) is 5.41 Å². The van der Waals surface area contributed by atoms with E-state index in [9.17, 15) is 0 Å². The van der Waals surface area contributed by atoms with E-state index in [1.807, 2.05) is 0 Å². The Morgan fingerprint density at radius 3 is 0.847 bits per heavy atom. The van der Waals surface area contributed by atoms with Crippen LogP contribution >= 0.6 is 23.8 Å². The van der Waals surface area contributed by atoms with E-state index in [2.05, 4.69) is 217 Å². The molecule has 0 fully saturated rings. The molecular weight excluding hydrogens is 951 g/mol. The molecule has 0 saturated heterocycles. The van der Waals surface area contributed by atoms with Gasteiger partial charge in [-0.25, -0.2) is 0 Å². The van der Waals surface area contributed by atoms with Gasteiger partial charge in [-0.05, 0) is 101 Å². The van der Waals surface area contributed by atoms with Crippen molar-refractivity contribution < 1.29 is 53.6 Å². The predicted octanol–water partition coefficient (Wildman–Crippen LogP) is 9.49. The van der Waals surface area contributed by atoms with Crippen LogP contribution in [0.5, 0.6) is 0 Å². The Labute approximate surface area is 399 Å². The molecule has 0 spiro atoms. The molecule has 0 bridgehead atoms. The molecule has 6 rings (SSSR count). The van der Waals surface area contributed by atoms with Crippen molar-refractivity contribution in [2.75, 3.05) is 44.7 Å². The molecule has 0 aliphatic heterocycles. The fraction of sp³-hybridized carbons (Fsp3) is 0.265. The van der Waals surface area contributed by atoms with Crippen LogP contribution in [-0.2, 0) is 76.1 Å². The van der Waals surface area contributed by atoms with Crippen molar-refractivity contribution in [2.45, 2.75) is 34.6 Å². The van der Waals surface area contributed by atoms with E-state index >= 15 is 0 Å². The van der Waals surface area contributed by atoms with Crippen molar-refractivity contribution in [1.82, 2.24) is 0 Å². The Kier molecular flexibility index (Phi) is 31.5. The van der Waals surface area contributed by atoms with Gasteiger partial charge in [0.1, 0.15) is 0 Å². The molecule has 10 heteroatoms. The first-order valence-corrected chi connectivity index (χ1v) is 24.5. The summed E-state index contributed by atoms with van der Waals surface area (Å²) in [4.78, 5) is 0. The van der Waals surface area contributed by atoms with Crippen LogP contribution in [-0.4, -0.2) is 49.1 Å². The van der Waals surface area contributed by atoms with Gasteiger partial charge in [0.05, 0.1) is 75.6 Å². The molecular formula is C49H61CuMoNO2P3S2-3. The molecule has 3 nitrogen and oxygen atoms in total. The summed E-state index contributed by atoms with van der Waals surface area (Å²) in [5, 5.41) is 8.97. The van der Waals surface area contributed by atoms with Crippen LogP contribution in [0.15, 0.2) is 182 Å². The number of nitrogens with zero attached hydrogens (tertiary/aromatic N) is 1. The SMILES string of the molecule is CC(CP(c1ccccc1)c1ccccc1)(C[PH+](c1ccccc1)c1ccccc1)C[PH+](c1ccccc1)c1ccccc1.CC[N+](CC)(CC)CC.[Cu+2].[Mo].[O-2].[O-2].[S-2].[S-2]. The largest absolute Gasteiger partial charge is 2.00 e. The average molecular weight is 1010 g/mol. The minimum Gasteiger partial charge on any atom is -2.00 e. The Bertz CT molecular complexity index is 1550. The monoisotopic (exact) mass is 1010 g/mol. The first-order chi connectivity index (χ1) is 25.9. The van der Waals surface area contributed by atoms with Gasteiger partial charge in [0.2, 0.25) is 0 Å². The summed E-state index contributed by atoms with van der Waals surface area (Å²) in [5.74, 6) is 0. The minimum atomic E-state index is -1.05. The van der Waals surface area contributed by atoms with E-state index in [-0.39, 0.29) is 81.5 Å². The molecule has 0 aromatic heterocycles. The normalized spacial score (nSPS) is 10.6. The van der Waals surface area contributed by atoms with E-state index in [1.54, 1.807) is 0 Å². The van der Waals surface area contributed by atoms with Crippen LogP contribution in [0.1, 0.15) is 34.6 Å². The van der Waals surface area contributed by atoms with Crippen LogP contribution in [0.2, 0.25) is 0 Å². The van der Waals surface area contributed by atoms with Crippen LogP contribution in [0, 0.1) is 5.41 Å². The van der Waals surface area contributed by atoms with Gasteiger partial charge in [0.15, 0.2) is 0 Å². The van der Waals surface area contributed by atoms with Gasteiger partial charge < -0.3 is 42.4 Å². The summed E-state index contributed by atoms with van der Waals surface area (Å²) in [6.07, 6.45) is 3.55. The van der Waals surface area contributed by atoms with Crippen molar-refractivity contribution in [1.29, 1.82) is 0 Å².